The monoisotopic (exact) mass is 232 g/mol. The lowest BCUT2D eigenvalue weighted by Crippen LogP contribution is -2.17. The van der Waals surface area contributed by atoms with Crippen LogP contribution in [0, 0.1) is 10.1 Å². The van der Waals surface area contributed by atoms with Gasteiger partial charge in [-0.15, -0.1) is 0 Å². The number of dihydropyridines is 1. The molecule has 0 saturated heterocycles. The number of nitro groups is 1. The third kappa shape index (κ3) is 2.81. The minimum absolute atomic E-state index is 0.179. The van der Waals surface area contributed by atoms with Crippen LogP contribution in [0.25, 0.3) is 0 Å². The number of nitrogens with one attached hydrogen (secondary N) is 1. The first-order chi connectivity index (χ1) is 8.15. The van der Waals surface area contributed by atoms with Crippen LogP contribution >= 0.6 is 0 Å². The number of aliphatic imine (C=N–C) groups is 1. The number of amidine groups is 1. The summed E-state index contributed by atoms with van der Waals surface area (Å²) in [6.07, 6.45) is 1.83. The van der Waals surface area contributed by atoms with E-state index >= 15 is 0 Å². The zero-order valence-electron chi connectivity index (χ0n) is 9.09. The van der Waals surface area contributed by atoms with Gasteiger partial charge in [0, 0.05) is 11.4 Å². The number of hydrogen-bond acceptors (Lipinski definition) is 5. The molecule has 0 aliphatic carbocycles. The second-order valence-electron chi connectivity index (χ2n) is 3.66. The van der Waals surface area contributed by atoms with Gasteiger partial charge in [0.25, 0.3) is 5.70 Å². The SMILES string of the molecule is Nc1ccc(NC2=NCCC([N+](=O)[O-])=C2)cc1. The molecule has 1 aromatic carbocycles. The average molecular weight is 232 g/mol. The first-order valence-corrected chi connectivity index (χ1v) is 5.17. The van der Waals surface area contributed by atoms with Crippen molar-refractivity contribution in [3.63, 3.8) is 0 Å². The van der Waals surface area contributed by atoms with Gasteiger partial charge in [0.15, 0.2) is 0 Å². The molecular formula is C11H12N4O2. The average Bonchev–Trinajstić information content (AvgIpc) is 2.32. The maximum absolute atomic E-state index is 10.6. The van der Waals surface area contributed by atoms with Gasteiger partial charge in [-0.2, -0.15) is 0 Å². The molecule has 2 rings (SSSR count). The van der Waals surface area contributed by atoms with E-state index in [0.29, 0.717) is 24.5 Å². The maximum atomic E-state index is 10.6. The van der Waals surface area contributed by atoms with Gasteiger partial charge in [0.2, 0.25) is 0 Å². The molecule has 1 aliphatic rings. The Morgan fingerprint density at radius 1 is 1.35 bits per heavy atom. The topological polar surface area (TPSA) is 93.5 Å². The molecule has 0 atom stereocenters. The van der Waals surface area contributed by atoms with Crippen molar-refractivity contribution in [2.24, 2.45) is 4.99 Å². The highest BCUT2D eigenvalue weighted by Crippen LogP contribution is 2.14. The molecule has 0 unspecified atom stereocenters. The van der Waals surface area contributed by atoms with Crippen LogP contribution in [0.5, 0.6) is 0 Å². The summed E-state index contributed by atoms with van der Waals surface area (Å²) < 4.78 is 0. The lowest BCUT2D eigenvalue weighted by atomic mass is 10.2. The summed E-state index contributed by atoms with van der Waals surface area (Å²) in [4.78, 5) is 14.4. The van der Waals surface area contributed by atoms with E-state index in [2.05, 4.69) is 10.3 Å². The number of benzene rings is 1. The van der Waals surface area contributed by atoms with Crippen LogP contribution in [-0.4, -0.2) is 17.3 Å². The molecule has 0 saturated carbocycles. The van der Waals surface area contributed by atoms with Crippen molar-refractivity contribution in [1.29, 1.82) is 0 Å². The minimum atomic E-state index is -0.376. The van der Waals surface area contributed by atoms with Crippen LogP contribution in [0.4, 0.5) is 11.4 Å². The smallest absolute Gasteiger partial charge is 0.251 e. The summed E-state index contributed by atoms with van der Waals surface area (Å²) in [6.45, 7) is 0.435. The molecule has 6 heteroatoms. The molecule has 6 nitrogen and oxygen atoms in total. The summed E-state index contributed by atoms with van der Waals surface area (Å²) in [5, 5.41) is 13.6. The van der Waals surface area contributed by atoms with Gasteiger partial charge in [-0.25, -0.2) is 0 Å². The molecule has 0 fully saturated rings. The van der Waals surface area contributed by atoms with Gasteiger partial charge in [-0.05, 0) is 24.3 Å². The van der Waals surface area contributed by atoms with E-state index in [1.165, 1.54) is 6.08 Å². The number of nitrogens with zero attached hydrogens (tertiary/aromatic N) is 2. The van der Waals surface area contributed by atoms with Crippen LogP contribution in [0.2, 0.25) is 0 Å². The van der Waals surface area contributed by atoms with Crippen molar-refractivity contribution in [2.75, 3.05) is 17.6 Å². The van der Waals surface area contributed by atoms with Crippen LogP contribution in [0.15, 0.2) is 41.0 Å². The molecule has 0 amide bonds. The summed E-state index contributed by atoms with van der Waals surface area (Å²) in [7, 11) is 0. The van der Waals surface area contributed by atoms with Crippen molar-refractivity contribution in [2.45, 2.75) is 6.42 Å². The Hall–Kier alpha value is -2.37. The Labute approximate surface area is 98.0 Å². The first-order valence-electron chi connectivity index (χ1n) is 5.17. The second kappa shape index (κ2) is 4.65. The number of nitrogen functional groups attached to an aromatic ring is 1. The summed E-state index contributed by atoms with van der Waals surface area (Å²) in [6, 6.07) is 7.10. The van der Waals surface area contributed by atoms with E-state index in [4.69, 9.17) is 5.73 Å². The highest BCUT2D eigenvalue weighted by atomic mass is 16.6. The Kier molecular flexibility index (Phi) is 3.04. The van der Waals surface area contributed by atoms with E-state index < -0.39 is 0 Å². The van der Waals surface area contributed by atoms with E-state index in [1.54, 1.807) is 24.3 Å². The molecule has 17 heavy (non-hydrogen) atoms. The van der Waals surface area contributed by atoms with E-state index in [1.807, 2.05) is 0 Å². The maximum Gasteiger partial charge on any atom is 0.251 e. The molecule has 1 heterocycles. The summed E-state index contributed by atoms with van der Waals surface area (Å²) in [5.74, 6) is 0.507. The van der Waals surface area contributed by atoms with Crippen molar-refractivity contribution >= 4 is 17.2 Å². The molecule has 3 N–H and O–H groups in total. The minimum Gasteiger partial charge on any atom is -0.399 e. The first kappa shape index (κ1) is 11.1. The molecule has 1 aromatic rings. The van der Waals surface area contributed by atoms with Gasteiger partial charge in [0.05, 0.1) is 24.0 Å². The Morgan fingerprint density at radius 2 is 2.06 bits per heavy atom. The van der Waals surface area contributed by atoms with Gasteiger partial charge < -0.3 is 11.1 Å². The second-order valence-corrected chi connectivity index (χ2v) is 3.66. The Morgan fingerprint density at radius 3 is 2.71 bits per heavy atom. The number of rotatable bonds is 2. The molecule has 0 spiro atoms. The highest BCUT2D eigenvalue weighted by molar-refractivity contribution is 6.04. The lowest BCUT2D eigenvalue weighted by molar-refractivity contribution is -0.427. The van der Waals surface area contributed by atoms with Crippen molar-refractivity contribution < 1.29 is 4.92 Å². The predicted molar refractivity (Wildman–Crippen MR) is 66.5 cm³/mol. The molecule has 0 aromatic heterocycles. The van der Waals surface area contributed by atoms with Crippen LogP contribution < -0.4 is 11.1 Å². The molecule has 1 aliphatic heterocycles. The van der Waals surface area contributed by atoms with E-state index in [-0.39, 0.29) is 10.6 Å². The van der Waals surface area contributed by atoms with Crippen molar-refractivity contribution in [3.8, 4) is 0 Å². The zero-order chi connectivity index (χ0) is 12.3. The van der Waals surface area contributed by atoms with Crippen molar-refractivity contribution in [3.05, 3.63) is 46.2 Å². The third-order valence-corrected chi connectivity index (χ3v) is 2.37. The van der Waals surface area contributed by atoms with Crippen molar-refractivity contribution in [1.82, 2.24) is 0 Å². The van der Waals surface area contributed by atoms with Gasteiger partial charge in [-0.3, -0.25) is 15.1 Å². The van der Waals surface area contributed by atoms with Crippen LogP contribution in [0.1, 0.15) is 6.42 Å². The fourth-order valence-corrected chi connectivity index (χ4v) is 1.50. The third-order valence-electron chi connectivity index (χ3n) is 2.37. The normalized spacial score (nSPS) is 14.8. The molecule has 0 radical (unpaired) electrons. The van der Waals surface area contributed by atoms with Gasteiger partial charge >= 0.3 is 0 Å². The number of anilines is 2. The molecule has 88 valence electrons. The highest BCUT2D eigenvalue weighted by Gasteiger charge is 2.15. The molecular weight excluding hydrogens is 220 g/mol. The Balaban J connectivity index is 2.11. The van der Waals surface area contributed by atoms with Crippen LogP contribution in [0.3, 0.4) is 0 Å². The largest absolute Gasteiger partial charge is 0.399 e. The van der Waals surface area contributed by atoms with E-state index in [0.717, 1.165) is 5.69 Å². The quantitative estimate of drug-likeness (QED) is 0.460. The summed E-state index contributed by atoms with van der Waals surface area (Å²) >= 11 is 0. The predicted octanol–water partition coefficient (Wildman–Crippen LogP) is 1.64. The number of nitrogens with two attached hydrogens (primary N) is 1. The van der Waals surface area contributed by atoms with Gasteiger partial charge in [0.1, 0.15) is 5.84 Å². The van der Waals surface area contributed by atoms with Crippen LogP contribution in [-0.2, 0) is 0 Å². The van der Waals surface area contributed by atoms with E-state index in [9.17, 15) is 10.1 Å². The van der Waals surface area contributed by atoms with Gasteiger partial charge in [-0.1, -0.05) is 0 Å². The molecule has 0 bridgehead atoms. The fourth-order valence-electron chi connectivity index (χ4n) is 1.50. The zero-order valence-corrected chi connectivity index (χ0v) is 9.09. The fraction of sp³-hybridized carbons (Fsp3) is 0.182. The lowest BCUT2D eigenvalue weighted by Gasteiger charge is -2.10. The number of hydrogen-bond donors (Lipinski definition) is 2. The standard InChI is InChI=1S/C11H12N4O2/c12-8-1-3-9(4-2-8)14-11-7-10(15(16)17)5-6-13-11/h1-4,7H,5-6,12H2,(H,13,14). The Bertz CT molecular complexity index is 491. The summed E-state index contributed by atoms with van der Waals surface area (Å²) in [5.41, 5.74) is 7.21.